The quantitative estimate of drug-likeness (QED) is 0.142. The molecule has 4 aliphatic heterocycles. The third-order valence-electron chi connectivity index (χ3n) is 14.6. The van der Waals surface area contributed by atoms with Crippen LogP contribution in [-0.2, 0) is 20.9 Å². The molecule has 0 radical (unpaired) electrons. The van der Waals surface area contributed by atoms with E-state index in [-0.39, 0.29) is 54.8 Å². The second-order valence-electron chi connectivity index (χ2n) is 20.0. The molecule has 5 aliphatic rings. The fourth-order valence-corrected chi connectivity index (χ4v) is 10.7. The number of rotatable bonds is 10. The van der Waals surface area contributed by atoms with Crippen molar-refractivity contribution in [2.75, 3.05) is 60.9 Å². The van der Waals surface area contributed by atoms with Crippen LogP contribution in [0.25, 0.3) is 11.3 Å². The van der Waals surface area contributed by atoms with Gasteiger partial charge in [0.2, 0.25) is 23.7 Å². The van der Waals surface area contributed by atoms with E-state index >= 15 is 0 Å². The molecular formula is C51H63N11O5. The highest BCUT2D eigenvalue weighted by molar-refractivity contribution is 5.93. The number of piperazine rings is 1. The second kappa shape index (κ2) is 19.5. The van der Waals surface area contributed by atoms with Crippen LogP contribution in [0.2, 0.25) is 0 Å². The summed E-state index contributed by atoms with van der Waals surface area (Å²) in [7, 11) is 0. The number of phenolic OH excluding ortho intramolecular Hbond substituents is 1. The molecule has 3 amide bonds. The monoisotopic (exact) mass is 910 g/mol. The van der Waals surface area contributed by atoms with Gasteiger partial charge in [-0.05, 0) is 91.3 Å². The molecule has 5 N–H and O–H groups in total. The van der Waals surface area contributed by atoms with Gasteiger partial charge in [-0.25, -0.2) is 9.97 Å². The van der Waals surface area contributed by atoms with E-state index in [0.29, 0.717) is 36.2 Å². The summed E-state index contributed by atoms with van der Waals surface area (Å²) < 4.78 is 0. The van der Waals surface area contributed by atoms with Gasteiger partial charge >= 0.3 is 0 Å². The molecule has 352 valence electrons. The maximum atomic E-state index is 14.2. The van der Waals surface area contributed by atoms with E-state index in [0.717, 1.165) is 99.1 Å². The topological polar surface area (TPSA) is 192 Å². The van der Waals surface area contributed by atoms with E-state index in [4.69, 9.17) is 16.4 Å². The van der Waals surface area contributed by atoms with E-state index in [1.807, 2.05) is 63.5 Å². The first-order valence-corrected chi connectivity index (χ1v) is 23.9. The molecule has 16 nitrogen and oxygen atoms in total. The average Bonchev–Trinajstić information content (AvgIpc) is 3.76. The van der Waals surface area contributed by atoms with Crippen LogP contribution in [-0.4, -0.2) is 134 Å². The summed E-state index contributed by atoms with van der Waals surface area (Å²) in [6.07, 6.45) is 13.7. The number of piperidine rings is 1. The molecular weight excluding hydrogens is 847 g/mol. The first kappa shape index (κ1) is 45.8. The maximum absolute atomic E-state index is 14.2. The Kier molecular flexibility index (Phi) is 13.3. The van der Waals surface area contributed by atoms with Crippen molar-refractivity contribution in [1.82, 2.24) is 40.6 Å². The van der Waals surface area contributed by atoms with Crippen molar-refractivity contribution in [1.29, 1.82) is 0 Å². The number of aromatic hydroxyl groups is 1. The fourth-order valence-electron chi connectivity index (χ4n) is 10.7. The smallest absolute Gasteiger partial charge is 0.246 e. The van der Waals surface area contributed by atoms with Crippen LogP contribution in [0, 0.1) is 23.7 Å². The molecule has 16 heteroatoms. The predicted octanol–water partition coefficient (Wildman–Crippen LogP) is 4.29. The minimum Gasteiger partial charge on any atom is -0.507 e. The number of aliphatic hydroxyl groups excluding tert-OH is 1. The normalized spacial score (nSPS) is 23.9. The number of carbonyl (C=O) groups excluding carboxylic acids is 3. The largest absolute Gasteiger partial charge is 0.507 e. The zero-order valence-corrected chi connectivity index (χ0v) is 38.8. The molecule has 1 saturated carbocycles. The zero-order valence-electron chi connectivity index (χ0n) is 38.8. The van der Waals surface area contributed by atoms with Crippen LogP contribution in [0.5, 0.6) is 5.75 Å². The summed E-state index contributed by atoms with van der Waals surface area (Å²) >= 11 is 0. The Hall–Kier alpha value is -6.31. The third kappa shape index (κ3) is 10.0. The zero-order chi connectivity index (χ0) is 46.8. The van der Waals surface area contributed by atoms with Crippen LogP contribution < -0.4 is 25.8 Å². The van der Waals surface area contributed by atoms with Gasteiger partial charge in [-0.1, -0.05) is 51.0 Å². The molecule has 0 bridgehead atoms. The number of benzene rings is 2. The predicted molar refractivity (Wildman–Crippen MR) is 256 cm³/mol. The standard InChI is InChI=1S/C51H63N11O5/c1-5-32-10-12-33(13-11-32)26-53-48(66)43-24-39(63)31-62(43)49(67)45(51(2,3)4)56-47(65)35-16-14-34(15-17-35)36-27-54-50(55-28-36)59-20-18-37(19-21-59)60-22-23-61-38(30-60)29-52-46-42(61)25-41(57-58-46)40-8-6-7-9-44(40)64/h1,6-13,25,27-28,34-35,37-39,43,45,63-64H,14-24,26,29-31H2,2-4H3,(H,52,58)(H,53,66)(H,56,65)/t34?,35?,38-,39+,43-,45+/m0/s1. The van der Waals surface area contributed by atoms with Crippen molar-refractivity contribution in [3.05, 3.63) is 83.7 Å². The average molecular weight is 910 g/mol. The van der Waals surface area contributed by atoms with Crippen molar-refractivity contribution in [3.63, 3.8) is 0 Å². The summed E-state index contributed by atoms with van der Waals surface area (Å²) in [6.45, 7) is 11.4. The molecule has 0 spiro atoms. The highest BCUT2D eigenvalue weighted by atomic mass is 16.3. The molecule has 4 fully saturated rings. The lowest BCUT2D eigenvalue weighted by atomic mass is 9.78. The van der Waals surface area contributed by atoms with Crippen LogP contribution in [0.1, 0.15) is 88.3 Å². The van der Waals surface area contributed by atoms with Crippen molar-refractivity contribution in [2.24, 2.45) is 11.3 Å². The Morgan fingerprint density at radius 2 is 1.63 bits per heavy atom. The second-order valence-corrected chi connectivity index (χ2v) is 20.0. The number of anilines is 3. The number of terminal acetylenes is 1. The van der Waals surface area contributed by atoms with Gasteiger partial charge in [0.1, 0.15) is 17.8 Å². The molecule has 4 aromatic rings. The van der Waals surface area contributed by atoms with E-state index in [9.17, 15) is 24.6 Å². The summed E-state index contributed by atoms with van der Waals surface area (Å²) in [6, 6.07) is 15.7. The molecule has 1 aliphatic carbocycles. The first-order valence-electron chi connectivity index (χ1n) is 23.9. The van der Waals surface area contributed by atoms with Crippen LogP contribution in [0.3, 0.4) is 0 Å². The Bertz CT molecular complexity index is 2460. The Morgan fingerprint density at radius 3 is 2.33 bits per heavy atom. The van der Waals surface area contributed by atoms with Crippen molar-refractivity contribution >= 4 is 35.2 Å². The number of hydrogen-bond donors (Lipinski definition) is 5. The van der Waals surface area contributed by atoms with E-state index in [2.05, 4.69) is 46.8 Å². The van der Waals surface area contributed by atoms with Crippen molar-refractivity contribution < 1.29 is 24.6 Å². The summed E-state index contributed by atoms with van der Waals surface area (Å²) in [5.41, 5.74) is 4.44. The Morgan fingerprint density at radius 1 is 0.896 bits per heavy atom. The Balaban J connectivity index is 0.737. The van der Waals surface area contributed by atoms with Gasteiger partial charge in [-0.3, -0.25) is 19.3 Å². The molecule has 2 aromatic carbocycles. The molecule has 0 unspecified atom stereocenters. The number of aliphatic hydroxyl groups is 1. The van der Waals surface area contributed by atoms with Gasteiger partial charge < -0.3 is 40.9 Å². The molecule has 6 heterocycles. The van der Waals surface area contributed by atoms with Crippen molar-refractivity contribution in [2.45, 2.75) is 108 Å². The summed E-state index contributed by atoms with van der Waals surface area (Å²) in [5.74, 6) is 3.45. The number of amides is 3. The van der Waals surface area contributed by atoms with E-state index in [1.54, 1.807) is 24.3 Å². The van der Waals surface area contributed by atoms with Gasteiger partial charge in [-0.15, -0.1) is 16.6 Å². The van der Waals surface area contributed by atoms with Gasteiger partial charge in [0.05, 0.1) is 23.5 Å². The highest BCUT2D eigenvalue weighted by Gasteiger charge is 2.45. The van der Waals surface area contributed by atoms with Gasteiger partial charge in [0.15, 0.2) is 5.82 Å². The highest BCUT2D eigenvalue weighted by Crippen LogP contribution is 2.38. The number of nitrogens with one attached hydrogen (secondary N) is 3. The summed E-state index contributed by atoms with van der Waals surface area (Å²) in [4.78, 5) is 59.9. The van der Waals surface area contributed by atoms with Crippen molar-refractivity contribution in [3.8, 4) is 29.4 Å². The third-order valence-corrected chi connectivity index (χ3v) is 14.6. The molecule has 67 heavy (non-hydrogen) atoms. The molecule has 9 rings (SSSR count). The van der Waals surface area contributed by atoms with Crippen LogP contribution in [0.15, 0.2) is 67.0 Å². The minimum atomic E-state index is -0.874. The summed E-state index contributed by atoms with van der Waals surface area (Å²) in [5, 5.41) is 39.4. The van der Waals surface area contributed by atoms with E-state index < -0.39 is 23.6 Å². The van der Waals surface area contributed by atoms with Crippen LogP contribution in [0.4, 0.5) is 17.5 Å². The number of aromatic nitrogens is 4. The Labute approximate surface area is 392 Å². The number of hydrogen-bond acceptors (Lipinski definition) is 13. The molecule has 3 saturated heterocycles. The number of fused-ring (bicyclic) bond motifs is 3. The number of nitrogens with zero attached hydrogens (tertiary/aromatic N) is 8. The number of carbonyl (C=O) groups is 3. The van der Waals surface area contributed by atoms with Gasteiger partial charge in [0, 0.05) is 94.3 Å². The minimum absolute atomic E-state index is 0.0231. The maximum Gasteiger partial charge on any atom is 0.246 e. The first-order chi connectivity index (χ1) is 32.3. The molecule has 4 atom stereocenters. The number of likely N-dealkylation sites (tertiary alicyclic amines) is 1. The lowest BCUT2D eigenvalue weighted by molar-refractivity contribution is -0.144. The number of para-hydroxylation sites is 1. The van der Waals surface area contributed by atoms with Gasteiger partial charge in [0.25, 0.3) is 0 Å². The van der Waals surface area contributed by atoms with Crippen LogP contribution >= 0.6 is 0 Å². The lowest BCUT2D eigenvalue weighted by Gasteiger charge is -2.49. The van der Waals surface area contributed by atoms with E-state index in [1.165, 1.54) is 4.90 Å². The lowest BCUT2D eigenvalue weighted by Crippen LogP contribution is -2.61. The fraction of sp³-hybridized carbons (Fsp3) is 0.510. The number of phenols is 1. The van der Waals surface area contributed by atoms with Gasteiger partial charge in [-0.2, -0.15) is 0 Å². The SMILES string of the molecule is C#Cc1ccc(CNC(=O)[C@@H]2C[C@@H](O)CN2C(=O)[C@@H](NC(=O)C2CCC(c3cnc(N4CCC(N5CCN6c7cc(-c8ccccc8O)nnc7NC[C@H]6C5)CC4)nc3)CC2)C(C)(C)C)cc1. The molecule has 2 aromatic heterocycles. The number of β-amino-alcohol motifs (C(OH)–C–C–N with tert-alkyl or cyclic N) is 1.